The highest BCUT2D eigenvalue weighted by atomic mass is 16.3. The third kappa shape index (κ3) is 4.32. The highest BCUT2D eigenvalue weighted by Gasteiger charge is 2.23. The minimum absolute atomic E-state index is 0.0341. The zero-order chi connectivity index (χ0) is 14.4. The Morgan fingerprint density at radius 3 is 3.05 bits per heavy atom. The second-order valence-corrected chi connectivity index (χ2v) is 5.57. The van der Waals surface area contributed by atoms with E-state index in [1.54, 1.807) is 0 Å². The molecule has 1 heterocycles. The number of aliphatic hydroxyl groups excluding tert-OH is 1. The summed E-state index contributed by atoms with van der Waals surface area (Å²) in [6, 6.07) is 8.30. The van der Waals surface area contributed by atoms with Gasteiger partial charge in [-0.2, -0.15) is 0 Å². The number of hydrogen-bond acceptors (Lipinski definition) is 3. The molecular weight excluding hydrogens is 252 g/mol. The predicted molar refractivity (Wildman–Crippen MR) is 79.3 cm³/mol. The van der Waals surface area contributed by atoms with E-state index in [4.69, 9.17) is 0 Å². The van der Waals surface area contributed by atoms with E-state index in [2.05, 4.69) is 16.3 Å². The minimum atomic E-state index is 0.0341. The summed E-state index contributed by atoms with van der Waals surface area (Å²) in [7, 11) is 0. The number of likely N-dealkylation sites (tertiary alicyclic amines) is 1. The zero-order valence-corrected chi connectivity index (χ0v) is 12.1. The third-order valence-corrected chi connectivity index (χ3v) is 3.88. The lowest BCUT2D eigenvalue weighted by atomic mass is 10.0. The SMILES string of the molecule is Cc1cccc(CNC(=O)CN2CCCCC2CO)c1. The number of carbonyl (C=O) groups excluding carboxylic acids is 1. The van der Waals surface area contributed by atoms with Crippen molar-refractivity contribution >= 4 is 5.91 Å². The van der Waals surface area contributed by atoms with Gasteiger partial charge in [-0.15, -0.1) is 0 Å². The van der Waals surface area contributed by atoms with Crippen LogP contribution in [-0.4, -0.2) is 41.7 Å². The summed E-state index contributed by atoms with van der Waals surface area (Å²) in [5.74, 6) is 0.0341. The molecule has 0 aliphatic carbocycles. The Kier molecular flexibility index (Phi) is 5.56. The number of nitrogens with zero attached hydrogens (tertiary/aromatic N) is 1. The number of hydrogen-bond donors (Lipinski definition) is 2. The Morgan fingerprint density at radius 2 is 2.30 bits per heavy atom. The van der Waals surface area contributed by atoms with E-state index in [0.29, 0.717) is 13.1 Å². The topological polar surface area (TPSA) is 52.6 Å². The quantitative estimate of drug-likeness (QED) is 0.856. The molecular formula is C16H24N2O2. The van der Waals surface area contributed by atoms with Crippen LogP contribution in [0.3, 0.4) is 0 Å². The molecule has 20 heavy (non-hydrogen) atoms. The maximum absolute atomic E-state index is 12.0. The van der Waals surface area contributed by atoms with Crippen molar-refractivity contribution in [3.63, 3.8) is 0 Å². The number of benzene rings is 1. The van der Waals surface area contributed by atoms with Gasteiger partial charge in [0.25, 0.3) is 0 Å². The van der Waals surface area contributed by atoms with Crippen molar-refractivity contribution in [3.8, 4) is 0 Å². The fraction of sp³-hybridized carbons (Fsp3) is 0.562. The Labute approximate surface area is 120 Å². The van der Waals surface area contributed by atoms with Gasteiger partial charge in [-0.1, -0.05) is 36.2 Å². The van der Waals surface area contributed by atoms with Gasteiger partial charge in [0.05, 0.1) is 13.2 Å². The first kappa shape index (κ1) is 15.0. The molecule has 0 spiro atoms. The van der Waals surface area contributed by atoms with Crippen LogP contribution in [0.4, 0.5) is 0 Å². The first-order chi connectivity index (χ1) is 9.69. The van der Waals surface area contributed by atoms with Crippen LogP contribution < -0.4 is 5.32 Å². The molecule has 0 saturated carbocycles. The predicted octanol–water partition coefficient (Wildman–Crippen LogP) is 1.46. The van der Waals surface area contributed by atoms with Crippen molar-refractivity contribution in [3.05, 3.63) is 35.4 Å². The standard InChI is InChI=1S/C16H24N2O2/c1-13-5-4-6-14(9-13)10-17-16(20)11-18-8-3-2-7-15(18)12-19/h4-6,9,15,19H,2-3,7-8,10-12H2,1H3,(H,17,20). The van der Waals surface area contributed by atoms with E-state index in [9.17, 15) is 9.90 Å². The number of aryl methyl sites for hydroxylation is 1. The number of aliphatic hydroxyl groups is 1. The summed E-state index contributed by atoms with van der Waals surface area (Å²) in [6.45, 7) is 4.05. The van der Waals surface area contributed by atoms with Crippen LogP contribution in [0, 0.1) is 6.92 Å². The summed E-state index contributed by atoms with van der Waals surface area (Å²) >= 11 is 0. The summed E-state index contributed by atoms with van der Waals surface area (Å²) in [5.41, 5.74) is 2.32. The van der Waals surface area contributed by atoms with Crippen LogP contribution in [0.15, 0.2) is 24.3 Å². The Morgan fingerprint density at radius 1 is 1.45 bits per heavy atom. The maximum Gasteiger partial charge on any atom is 0.234 e. The molecule has 0 aromatic heterocycles. The van der Waals surface area contributed by atoms with E-state index in [-0.39, 0.29) is 18.6 Å². The minimum Gasteiger partial charge on any atom is -0.395 e. The number of amides is 1. The van der Waals surface area contributed by atoms with Crippen molar-refractivity contribution in [2.24, 2.45) is 0 Å². The molecule has 1 aromatic rings. The molecule has 1 aliphatic heterocycles. The molecule has 1 fully saturated rings. The normalized spacial score (nSPS) is 19.8. The Bertz CT molecular complexity index is 448. The fourth-order valence-corrected chi connectivity index (χ4v) is 2.74. The number of nitrogens with one attached hydrogen (secondary N) is 1. The second kappa shape index (κ2) is 7.41. The van der Waals surface area contributed by atoms with Gasteiger partial charge in [-0.3, -0.25) is 9.69 Å². The lowest BCUT2D eigenvalue weighted by Gasteiger charge is -2.33. The number of carbonyl (C=O) groups is 1. The average Bonchev–Trinajstić information content (AvgIpc) is 2.46. The van der Waals surface area contributed by atoms with E-state index in [0.717, 1.165) is 31.4 Å². The summed E-state index contributed by atoms with van der Waals surface area (Å²) in [5, 5.41) is 12.3. The first-order valence-electron chi connectivity index (χ1n) is 7.36. The Balaban J connectivity index is 1.80. The molecule has 1 amide bonds. The highest BCUT2D eigenvalue weighted by molar-refractivity contribution is 5.78. The molecule has 1 aliphatic rings. The molecule has 1 saturated heterocycles. The van der Waals surface area contributed by atoms with Crippen LogP contribution >= 0.6 is 0 Å². The van der Waals surface area contributed by atoms with Gasteiger partial charge in [0.2, 0.25) is 5.91 Å². The molecule has 110 valence electrons. The van der Waals surface area contributed by atoms with Crippen molar-refractivity contribution < 1.29 is 9.90 Å². The molecule has 4 nitrogen and oxygen atoms in total. The molecule has 2 rings (SSSR count). The van der Waals surface area contributed by atoms with E-state index in [1.807, 2.05) is 25.1 Å². The van der Waals surface area contributed by atoms with Gasteiger partial charge in [0, 0.05) is 12.6 Å². The second-order valence-electron chi connectivity index (χ2n) is 5.57. The van der Waals surface area contributed by atoms with Crippen molar-refractivity contribution in [1.82, 2.24) is 10.2 Å². The van der Waals surface area contributed by atoms with Gasteiger partial charge >= 0.3 is 0 Å². The first-order valence-corrected chi connectivity index (χ1v) is 7.36. The molecule has 1 aromatic carbocycles. The molecule has 0 bridgehead atoms. The smallest absolute Gasteiger partial charge is 0.234 e. The lowest BCUT2D eigenvalue weighted by Crippen LogP contribution is -2.46. The maximum atomic E-state index is 12.0. The summed E-state index contributed by atoms with van der Waals surface area (Å²) < 4.78 is 0. The molecule has 0 radical (unpaired) electrons. The van der Waals surface area contributed by atoms with Crippen molar-refractivity contribution in [1.29, 1.82) is 0 Å². The van der Waals surface area contributed by atoms with Crippen LogP contribution in [0.25, 0.3) is 0 Å². The summed E-state index contributed by atoms with van der Waals surface area (Å²) in [6.07, 6.45) is 3.25. The van der Waals surface area contributed by atoms with E-state index >= 15 is 0 Å². The van der Waals surface area contributed by atoms with Crippen LogP contribution in [0.2, 0.25) is 0 Å². The van der Waals surface area contributed by atoms with Gasteiger partial charge in [0.15, 0.2) is 0 Å². The largest absolute Gasteiger partial charge is 0.395 e. The van der Waals surface area contributed by atoms with Gasteiger partial charge in [-0.05, 0) is 31.9 Å². The molecule has 1 unspecified atom stereocenters. The van der Waals surface area contributed by atoms with E-state index < -0.39 is 0 Å². The summed E-state index contributed by atoms with van der Waals surface area (Å²) in [4.78, 5) is 14.1. The third-order valence-electron chi connectivity index (χ3n) is 3.88. The average molecular weight is 276 g/mol. The van der Waals surface area contributed by atoms with Crippen LogP contribution in [0.1, 0.15) is 30.4 Å². The molecule has 4 heteroatoms. The lowest BCUT2D eigenvalue weighted by molar-refractivity contribution is -0.123. The van der Waals surface area contributed by atoms with Crippen LogP contribution in [0.5, 0.6) is 0 Å². The van der Waals surface area contributed by atoms with Crippen molar-refractivity contribution in [2.75, 3.05) is 19.7 Å². The molecule has 2 N–H and O–H groups in total. The van der Waals surface area contributed by atoms with Gasteiger partial charge in [0.1, 0.15) is 0 Å². The number of piperidine rings is 1. The van der Waals surface area contributed by atoms with Crippen molar-refractivity contribution in [2.45, 2.75) is 38.8 Å². The fourth-order valence-electron chi connectivity index (χ4n) is 2.74. The zero-order valence-electron chi connectivity index (χ0n) is 12.1. The van der Waals surface area contributed by atoms with Gasteiger partial charge < -0.3 is 10.4 Å². The molecule has 1 atom stereocenters. The van der Waals surface area contributed by atoms with E-state index in [1.165, 1.54) is 5.56 Å². The van der Waals surface area contributed by atoms with Gasteiger partial charge in [-0.25, -0.2) is 0 Å². The highest BCUT2D eigenvalue weighted by Crippen LogP contribution is 2.15. The van der Waals surface area contributed by atoms with Crippen LogP contribution in [-0.2, 0) is 11.3 Å². The Hall–Kier alpha value is -1.39. The monoisotopic (exact) mass is 276 g/mol. The number of rotatable bonds is 5.